The molecular formula is C20H18O5S2. The Morgan fingerprint density at radius 1 is 1.30 bits per heavy atom. The minimum atomic E-state index is -0.585. The molecule has 1 atom stereocenters. The summed E-state index contributed by atoms with van der Waals surface area (Å²) >= 11 is 2.98. The van der Waals surface area contributed by atoms with Gasteiger partial charge in [0.05, 0.1) is 25.2 Å². The lowest BCUT2D eigenvalue weighted by atomic mass is 9.94. The van der Waals surface area contributed by atoms with Crippen LogP contribution in [0.3, 0.4) is 0 Å². The number of esters is 1. The quantitative estimate of drug-likeness (QED) is 0.466. The minimum absolute atomic E-state index is 0.0288. The zero-order valence-corrected chi connectivity index (χ0v) is 16.2. The average Bonchev–Trinajstić information content (AvgIpc) is 3.22. The van der Waals surface area contributed by atoms with Crippen molar-refractivity contribution < 1.29 is 19.1 Å². The Kier molecular flexibility index (Phi) is 6.36. The van der Waals surface area contributed by atoms with Crippen LogP contribution in [-0.2, 0) is 15.3 Å². The number of thiophene rings is 1. The van der Waals surface area contributed by atoms with Gasteiger partial charge in [0.25, 0.3) is 0 Å². The second-order valence-electron chi connectivity index (χ2n) is 5.78. The normalized spacial score (nSPS) is 11.9. The van der Waals surface area contributed by atoms with Crippen LogP contribution in [0.15, 0.2) is 67.3 Å². The lowest BCUT2D eigenvalue weighted by Gasteiger charge is -2.16. The first kappa shape index (κ1) is 19.3. The summed E-state index contributed by atoms with van der Waals surface area (Å²) in [6.45, 7) is 0. The van der Waals surface area contributed by atoms with Gasteiger partial charge in [0.1, 0.15) is 5.76 Å². The SMILES string of the molecule is COC(=O)C[C@H](c1ccsc1)c1oc(CSc2ccccc2)cc(=O)c1O. The highest BCUT2D eigenvalue weighted by molar-refractivity contribution is 7.98. The van der Waals surface area contributed by atoms with Gasteiger partial charge < -0.3 is 14.3 Å². The smallest absolute Gasteiger partial charge is 0.306 e. The topological polar surface area (TPSA) is 76.7 Å². The van der Waals surface area contributed by atoms with E-state index in [1.165, 1.54) is 36.3 Å². The molecule has 0 fully saturated rings. The van der Waals surface area contributed by atoms with Crippen molar-refractivity contribution >= 4 is 29.1 Å². The molecule has 0 spiro atoms. The highest BCUT2D eigenvalue weighted by Crippen LogP contribution is 2.35. The highest BCUT2D eigenvalue weighted by atomic mass is 32.2. The van der Waals surface area contributed by atoms with Crippen LogP contribution in [-0.4, -0.2) is 18.2 Å². The maximum atomic E-state index is 12.3. The van der Waals surface area contributed by atoms with Crippen molar-refractivity contribution in [1.29, 1.82) is 0 Å². The largest absolute Gasteiger partial charge is 0.502 e. The summed E-state index contributed by atoms with van der Waals surface area (Å²) < 4.78 is 10.6. The van der Waals surface area contributed by atoms with E-state index in [1.54, 1.807) is 0 Å². The summed E-state index contributed by atoms with van der Waals surface area (Å²) in [5.74, 6) is -0.540. The molecule has 27 heavy (non-hydrogen) atoms. The third-order valence-corrected chi connectivity index (χ3v) is 5.72. The van der Waals surface area contributed by atoms with E-state index in [0.29, 0.717) is 11.5 Å². The molecule has 0 aliphatic rings. The van der Waals surface area contributed by atoms with E-state index in [0.717, 1.165) is 10.5 Å². The summed E-state index contributed by atoms with van der Waals surface area (Å²) in [7, 11) is 1.30. The van der Waals surface area contributed by atoms with Gasteiger partial charge in [-0.05, 0) is 34.5 Å². The van der Waals surface area contributed by atoms with Gasteiger partial charge in [0.15, 0.2) is 5.76 Å². The highest BCUT2D eigenvalue weighted by Gasteiger charge is 2.26. The van der Waals surface area contributed by atoms with Crippen molar-refractivity contribution in [2.45, 2.75) is 23.0 Å². The standard InChI is InChI=1S/C20H18O5S2/c1-24-18(22)10-16(13-7-8-26-11-13)20-19(23)17(21)9-14(25-20)12-27-15-5-3-2-4-6-15/h2-9,11,16,23H,10,12H2,1H3/t16-/m1/s1. The second kappa shape index (κ2) is 8.92. The predicted molar refractivity (Wildman–Crippen MR) is 105 cm³/mol. The molecular weight excluding hydrogens is 384 g/mol. The van der Waals surface area contributed by atoms with Crippen molar-refractivity contribution in [3.05, 3.63) is 80.5 Å². The number of benzene rings is 1. The molecule has 7 heteroatoms. The van der Waals surface area contributed by atoms with Crippen molar-refractivity contribution in [1.82, 2.24) is 0 Å². The molecule has 0 saturated carbocycles. The lowest BCUT2D eigenvalue weighted by molar-refractivity contribution is -0.140. The minimum Gasteiger partial charge on any atom is -0.502 e. The third kappa shape index (κ3) is 4.81. The molecule has 1 aromatic carbocycles. The van der Waals surface area contributed by atoms with E-state index >= 15 is 0 Å². The van der Waals surface area contributed by atoms with E-state index < -0.39 is 23.1 Å². The third-order valence-electron chi connectivity index (χ3n) is 3.98. The van der Waals surface area contributed by atoms with Crippen LogP contribution in [0.4, 0.5) is 0 Å². The van der Waals surface area contributed by atoms with Crippen LogP contribution in [0.1, 0.15) is 29.4 Å². The van der Waals surface area contributed by atoms with Crippen molar-refractivity contribution in [2.24, 2.45) is 0 Å². The Labute approximate surface area is 164 Å². The fourth-order valence-electron chi connectivity index (χ4n) is 2.62. The maximum Gasteiger partial charge on any atom is 0.306 e. The molecule has 5 nitrogen and oxygen atoms in total. The van der Waals surface area contributed by atoms with Crippen molar-refractivity contribution in [2.75, 3.05) is 7.11 Å². The number of rotatable bonds is 7. The summed E-state index contributed by atoms with van der Waals surface area (Å²) in [6, 6.07) is 12.9. The van der Waals surface area contributed by atoms with Gasteiger partial charge in [0.2, 0.25) is 11.2 Å². The molecule has 3 aromatic rings. The number of methoxy groups -OCH3 is 1. The molecule has 2 aromatic heterocycles. The molecule has 140 valence electrons. The number of carbonyl (C=O) groups excluding carboxylic acids is 1. The van der Waals surface area contributed by atoms with E-state index in [-0.39, 0.29) is 12.2 Å². The van der Waals surface area contributed by atoms with Crippen molar-refractivity contribution in [3.8, 4) is 5.75 Å². The molecule has 0 radical (unpaired) electrons. The monoisotopic (exact) mass is 402 g/mol. The molecule has 0 amide bonds. The fraction of sp³-hybridized carbons (Fsp3) is 0.200. The van der Waals surface area contributed by atoms with E-state index in [4.69, 9.17) is 9.15 Å². The molecule has 0 unspecified atom stereocenters. The maximum absolute atomic E-state index is 12.3. The van der Waals surface area contributed by atoms with Crippen LogP contribution in [0, 0.1) is 0 Å². The van der Waals surface area contributed by atoms with Crippen LogP contribution in [0.25, 0.3) is 0 Å². The Morgan fingerprint density at radius 2 is 2.07 bits per heavy atom. The van der Waals surface area contributed by atoms with Crippen LogP contribution < -0.4 is 5.43 Å². The number of hydrogen-bond acceptors (Lipinski definition) is 7. The molecule has 0 aliphatic heterocycles. The van der Waals surface area contributed by atoms with E-state index in [2.05, 4.69) is 0 Å². The Bertz CT molecular complexity index is 948. The van der Waals surface area contributed by atoms with Gasteiger partial charge in [-0.2, -0.15) is 11.3 Å². The number of carbonyl (C=O) groups is 1. The predicted octanol–water partition coefficient (Wildman–Crippen LogP) is 4.39. The number of ether oxygens (including phenoxy) is 1. The second-order valence-corrected chi connectivity index (χ2v) is 7.61. The number of thioether (sulfide) groups is 1. The van der Waals surface area contributed by atoms with Gasteiger partial charge in [-0.15, -0.1) is 11.8 Å². The first-order valence-electron chi connectivity index (χ1n) is 8.21. The fourth-order valence-corrected chi connectivity index (χ4v) is 4.13. The molecule has 0 saturated heterocycles. The molecule has 0 aliphatic carbocycles. The first-order valence-corrected chi connectivity index (χ1v) is 10.1. The van der Waals surface area contributed by atoms with Crippen LogP contribution in [0.5, 0.6) is 5.75 Å². The summed E-state index contributed by atoms with van der Waals surface area (Å²) in [6.07, 6.45) is -0.0288. The molecule has 3 rings (SSSR count). The number of hydrogen-bond donors (Lipinski definition) is 1. The summed E-state index contributed by atoms with van der Waals surface area (Å²) in [5.41, 5.74) is 0.265. The average molecular weight is 402 g/mol. The Balaban J connectivity index is 1.93. The summed E-state index contributed by atoms with van der Waals surface area (Å²) in [5, 5.41) is 14.0. The van der Waals surface area contributed by atoms with Crippen molar-refractivity contribution in [3.63, 3.8) is 0 Å². The first-order chi connectivity index (χ1) is 13.1. The zero-order valence-electron chi connectivity index (χ0n) is 14.6. The van der Waals surface area contributed by atoms with Gasteiger partial charge in [-0.1, -0.05) is 18.2 Å². The van der Waals surface area contributed by atoms with E-state index in [9.17, 15) is 14.7 Å². The van der Waals surface area contributed by atoms with Gasteiger partial charge in [-0.25, -0.2) is 0 Å². The number of aromatic hydroxyl groups is 1. The van der Waals surface area contributed by atoms with Crippen LogP contribution in [0.2, 0.25) is 0 Å². The molecule has 1 N–H and O–H groups in total. The zero-order chi connectivity index (χ0) is 19.2. The summed E-state index contributed by atoms with van der Waals surface area (Å²) in [4.78, 5) is 25.2. The van der Waals surface area contributed by atoms with Gasteiger partial charge >= 0.3 is 5.97 Å². The lowest BCUT2D eigenvalue weighted by Crippen LogP contribution is -2.13. The Hall–Kier alpha value is -2.51. The molecule has 2 heterocycles. The van der Waals surface area contributed by atoms with Gasteiger partial charge in [-0.3, -0.25) is 9.59 Å². The van der Waals surface area contributed by atoms with Gasteiger partial charge in [0, 0.05) is 11.0 Å². The van der Waals surface area contributed by atoms with Crippen LogP contribution >= 0.6 is 23.1 Å². The van der Waals surface area contributed by atoms with E-state index in [1.807, 2.05) is 47.2 Å². The molecule has 0 bridgehead atoms. The Morgan fingerprint density at radius 3 is 2.74 bits per heavy atom.